The van der Waals surface area contributed by atoms with Crippen molar-refractivity contribution in [3.8, 4) is 0 Å². The second-order valence-electron chi connectivity index (χ2n) is 6.03. The van der Waals surface area contributed by atoms with Gasteiger partial charge < -0.3 is 15.7 Å². The summed E-state index contributed by atoms with van der Waals surface area (Å²) in [5, 5.41) is 15.6. The summed E-state index contributed by atoms with van der Waals surface area (Å²) in [5.41, 5.74) is 0. The molecule has 0 spiro atoms. The predicted octanol–water partition coefficient (Wildman–Crippen LogP) is 2.60. The van der Waals surface area contributed by atoms with Gasteiger partial charge in [-0.2, -0.15) is 11.8 Å². The Morgan fingerprint density at radius 2 is 1.81 bits per heavy atom. The zero-order chi connectivity index (χ0) is 15.1. The van der Waals surface area contributed by atoms with Crippen molar-refractivity contribution in [1.29, 1.82) is 0 Å². The van der Waals surface area contributed by atoms with Gasteiger partial charge in [-0.1, -0.05) is 25.7 Å². The number of thioether (sulfide) groups is 1. The summed E-state index contributed by atoms with van der Waals surface area (Å²) in [6, 6.07) is -0.441. The molecule has 1 aliphatic heterocycles. The highest BCUT2D eigenvalue weighted by Crippen LogP contribution is 2.25. The van der Waals surface area contributed by atoms with Crippen molar-refractivity contribution in [2.75, 3.05) is 12.3 Å². The van der Waals surface area contributed by atoms with Crippen LogP contribution in [0.25, 0.3) is 0 Å². The molecular weight excluding hydrogens is 288 g/mol. The highest BCUT2D eigenvalue weighted by Gasteiger charge is 2.30. The minimum atomic E-state index is -0.787. The maximum Gasteiger partial charge on any atom is 0.315 e. The number of carboxylic acid groups (broad SMARTS) is 1. The van der Waals surface area contributed by atoms with Crippen LogP contribution in [0.15, 0.2) is 0 Å². The molecule has 5 nitrogen and oxygen atoms in total. The van der Waals surface area contributed by atoms with E-state index in [1.54, 1.807) is 0 Å². The summed E-state index contributed by atoms with van der Waals surface area (Å²) in [4.78, 5) is 23.3. The molecule has 1 aliphatic carbocycles. The zero-order valence-electron chi connectivity index (χ0n) is 12.5. The number of carboxylic acids is 1. The number of hydrogen-bond acceptors (Lipinski definition) is 3. The lowest BCUT2D eigenvalue weighted by atomic mass is 9.95. The van der Waals surface area contributed by atoms with Crippen LogP contribution in [0.1, 0.15) is 51.4 Å². The van der Waals surface area contributed by atoms with Gasteiger partial charge in [-0.3, -0.25) is 4.79 Å². The highest BCUT2D eigenvalue weighted by atomic mass is 32.2. The van der Waals surface area contributed by atoms with E-state index >= 15 is 0 Å². The van der Waals surface area contributed by atoms with E-state index < -0.39 is 11.9 Å². The molecule has 3 unspecified atom stereocenters. The molecule has 6 heteroatoms. The highest BCUT2D eigenvalue weighted by molar-refractivity contribution is 7.99. The molecule has 3 atom stereocenters. The van der Waals surface area contributed by atoms with E-state index in [1.807, 2.05) is 11.8 Å². The van der Waals surface area contributed by atoms with E-state index in [4.69, 9.17) is 0 Å². The van der Waals surface area contributed by atoms with Gasteiger partial charge in [0.05, 0.1) is 5.92 Å². The third-order valence-electron chi connectivity index (χ3n) is 4.41. The van der Waals surface area contributed by atoms with Crippen molar-refractivity contribution in [3.05, 3.63) is 0 Å². The molecule has 2 rings (SSSR count). The van der Waals surface area contributed by atoms with Crippen molar-refractivity contribution in [3.63, 3.8) is 0 Å². The van der Waals surface area contributed by atoms with Crippen molar-refractivity contribution in [2.24, 2.45) is 5.92 Å². The van der Waals surface area contributed by atoms with E-state index in [0.717, 1.165) is 32.1 Å². The molecule has 0 aromatic carbocycles. The molecule has 1 saturated heterocycles. The molecule has 120 valence electrons. The first kappa shape index (κ1) is 16.5. The third-order valence-corrected chi connectivity index (χ3v) is 5.81. The predicted molar refractivity (Wildman–Crippen MR) is 84.6 cm³/mol. The van der Waals surface area contributed by atoms with Gasteiger partial charge >= 0.3 is 12.0 Å². The fourth-order valence-corrected chi connectivity index (χ4v) is 4.41. The molecule has 3 N–H and O–H groups in total. The van der Waals surface area contributed by atoms with Crippen molar-refractivity contribution in [2.45, 2.75) is 62.7 Å². The first-order valence-electron chi connectivity index (χ1n) is 8.05. The van der Waals surface area contributed by atoms with Crippen molar-refractivity contribution in [1.82, 2.24) is 10.6 Å². The van der Waals surface area contributed by atoms with E-state index in [9.17, 15) is 14.7 Å². The van der Waals surface area contributed by atoms with Crippen LogP contribution in [-0.4, -0.2) is 40.7 Å². The SMILES string of the molecule is O=C(NCC1CCCCS1)NC1CCCCCC1C(=O)O. The number of hydrogen-bond donors (Lipinski definition) is 3. The van der Waals surface area contributed by atoms with Crippen LogP contribution < -0.4 is 10.6 Å². The number of carbonyl (C=O) groups is 2. The number of nitrogens with one attached hydrogen (secondary N) is 2. The lowest BCUT2D eigenvalue weighted by Crippen LogP contribution is -2.48. The summed E-state index contributed by atoms with van der Waals surface area (Å²) in [5.74, 6) is -0.0511. The van der Waals surface area contributed by atoms with Crippen LogP contribution >= 0.6 is 11.8 Å². The average Bonchev–Trinajstić information content (AvgIpc) is 2.72. The average molecular weight is 314 g/mol. The summed E-state index contributed by atoms with van der Waals surface area (Å²) in [7, 11) is 0. The Morgan fingerprint density at radius 1 is 1.05 bits per heavy atom. The van der Waals surface area contributed by atoms with Gasteiger partial charge in [0.15, 0.2) is 0 Å². The van der Waals surface area contributed by atoms with Crippen LogP contribution in [0.3, 0.4) is 0 Å². The minimum absolute atomic E-state index is 0.209. The number of urea groups is 1. The molecule has 1 saturated carbocycles. The fourth-order valence-electron chi connectivity index (χ4n) is 3.17. The molecule has 0 radical (unpaired) electrons. The third kappa shape index (κ3) is 5.41. The lowest BCUT2D eigenvalue weighted by Gasteiger charge is -2.25. The summed E-state index contributed by atoms with van der Waals surface area (Å²) >= 11 is 1.92. The monoisotopic (exact) mass is 314 g/mol. The Hall–Kier alpha value is -0.910. The Morgan fingerprint density at radius 3 is 2.52 bits per heavy atom. The Bertz CT molecular complexity index is 359. The molecule has 21 heavy (non-hydrogen) atoms. The van der Waals surface area contributed by atoms with Crippen LogP contribution in [0, 0.1) is 5.92 Å². The second-order valence-corrected chi connectivity index (χ2v) is 7.44. The topological polar surface area (TPSA) is 78.4 Å². The summed E-state index contributed by atoms with van der Waals surface area (Å²) in [6.45, 7) is 0.682. The molecule has 2 amide bonds. The van der Waals surface area contributed by atoms with Crippen LogP contribution in [0.5, 0.6) is 0 Å². The van der Waals surface area contributed by atoms with Gasteiger partial charge in [0, 0.05) is 17.8 Å². The first-order valence-corrected chi connectivity index (χ1v) is 9.10. The molecular formula is C15H26N2O3S. The number of rotatable bonds is 4. The molecule has 0 aromatic rings. The standard InChI is InChI=1S/C15H26N2O3S/c18-14(19)12-7-2-1-3-8-13(12)17-15(20)16-10-11-6-4-5-9-21-11/h11-13H,1-10H2,(H,18,19)(H2,16,17,20). The van der Waals surface area contributed by atoms with Gasteiger partial charge in [-0.05, 0) is 31.4 Å². The molecule has 2 aliphatic rings. The molecule has 0 aromatic heterocycles. The molecule has 1 heterocycles. The first-order chi connectivity index (χ1) is 10.2. The van der Waals surface area contributed by atoms with Gasteiger partial charge in [0.25, 0.3) is 0 Å². The van der Waals surface area contributed by atoms with Gasteiger partial charge in [-0.15, -0.1) is 0 Å². The van der Waals surface area contributed by atoms with Crippen LogP contribution in [0.4, 0.5) is 4.79 Å². The second kappa shape index (κ2) is 8.51. The molecule has 0 bridgehead atoms. The lowest BCUT2D eigenvalue weighted by molar-refractivity contribution is -0.142. The normalized spacial score (nSPS) is 30.2. The van der Waals surface area contributed by atoms with E-state index in [-0.39, 0.29) is 12.1 Å². The van der Waals surface area contributed by atoms with Crippen LogP contribution in [-0.2, 0) is 4.79 Å². The smallest absolute Gasteiger partial charge is 0.315 e. The largest absolute Gasteiger partial charge is 0.481 e. The number of carbonyl (C=O) groups excluding carboxylic acids is 1. The van der Waals surface area contributed by atoms with E-state index in [2.05, 4.69) is 10.6 Å². The van der Waals surface area contributed by atoms with Crippen molar-refractivity contribution >= 4 is 23.8 Å². The maximum absolute atomic E-state index is 12.0. The fraction of sp³-hybridized carbons (Fsp3) is 0.867. The van der Waals surface area contributed by atoms with Crippen molar-refractivity contribution < 1.29 is 14.7 Å². The van der Waals surface area contributed by atoms with Gasteiger partial charge in [0.2, 0.25) is 0 Å². The minimum Gasteiger partial charge on any atom is -0.481 e. The zero-order valence-corrected chi connectivity index (χ0v) is 13.3. The Kier molecular flexibility index (Phi) is 6.67. The van der Waals surface area contributed by atoms with Crippen LogP contribution in [0.2, 0.25) is 0 Å². The van der Waals surface area contributed by atoms with Gasteiger partial charge in [-0.25, -0.2) is 4.79 Å². The molecule has 2 fully saturated rings. The maximum atomic E-state index is 12.0. The number of amides is 2. The Balaban J connectivity index is 1.77. The van der Waals surface area contributed by atoms with Gasteiger partial charge in [0.1, 0.15) is 0 Å². The Labute approximate surface area is 130 Å². The summed E-state index contributed by atoms with van der Waals surface area (Å²) < 4.78 is 0. The van der Waals surface area contributed by atoms with E-state index in [1.165, 1.54) is 18.6 Å². The quantitative estimate of drug-likeness (QED) is 0.697. The van der Waals surface area contributed by atoms with E-state index in [0.29, 0.717) is 18.2 Å². The summed E-state index contributed by atoms with van der Waals surface area (Å²) in [6.07, 6.45) is 8.10. The number of aliphatic carboxylic acids is 1.